The van der Waals surface area contributed by atoms with Crippen molar-refractivity contribution < 1.29 is 22.7 Å². The molecule has 1 aliphatic heterocycles. The summed E-state index contributed by atoms with van der Waals surface area (Å²) in [5.74, 6) is -0.587. The Morgan fingerprint density at radius 3 is 2.74 bits per heavy atom. The maximum absolute atomic E-state index is 12.9. The lowest BCUT2D eigenvalue weighted by molar-refractivity contribution is -0.143. The van der Waals surface area contributed by atoms with E-state index in [-0.39, 0.29) is 34.7 Å². The van der Waals surface area contributed by atoms with Gasteiger partial charge < -0.3 is 15.4 Å². The number of esters is 1. The molecule has 1 saturated heterocycles. The fourth-order valence-corrected chi connectivity index (χ4v) is 4.98. The van der Waals surface area contributed by atoms with Gasteiger partial charge in [0.15, 0.2) is 5.15 Å². The quantitative estimate of drug-likeness (QED) is 0.733. The van der Waals surface area contributed by atoms with Crippen molar-refractivity contribution >= 4 is 45.7 Å². The highest BCUT2D eigenvalue weighted by Gasteiger charge is 2.75. The van der Waals surface area contributed by atoms with Crippen LogP contribution in [0.4, 0.5) is 29.9 Å². The van der Waals surface area contributed by atoms with Crippen molar-refractivity contribution in [3.05, 3.63) is 21.9 Å². The number of carbonyl (C=O) groups is 1. The Bertz CT molecular complexity index is 937. The van der Waals surface area contributed by atoms with Crippen LogP contribution in [0.2, 0.25) is 5.15 Å². The summed E-state index contributed by atoms with van der Waals surface area (Å²) in [6.45, 7) is 2.30. The van der Waals surface area contributed by atoms with Crippen molar-refractivity contribution in [3.63, 3.8) is 0 Å². The number of ether oxygens (including phenoxy) is 1. The standard InChI is InChI=1S/C15H13ClF3N5O2S/c1-5-7-4-26-12(25)14(5,7)11-22-8(16)10(27-11)24-13-21-3-6(15(17,18)19)9(20-2)23-13/h3,5,7H,4H2,1-2H3,(H2,20,21,23,24)/t5-,7?,14-/m1/s1. The van der Waals surface area contributed by atoms with Crippen molar-refractivity contribution in [1.29, 1.82) is 0 Å². The number of anilines is 3. The maximum Gasteiger partial charge on any atom is 0.421 e. The number of carbonyl (C=O) groups excluding carboxylic acids is 1. The van der Waals surface area contributed by atoms with Gasteiger partial charge in [-0.3, -0.25) is 4.79 Å². The minimum absolute atomic E-state index is 0.0679. The van der Waals surface area contributed by atoms with Crippen LogP contribution < -0.4 is 10.6 Å². The van der Waals surface area contributed by atoms with Crippen LogP contribution in [-0.4, -0.2) is 34.6 Å². The van der Waals surface area contributed by atoms with E-state index in [2.05, 4.69) is 25.6 Å². The molecule has 2 aliphatic rings. The summed E-state index contributed by atoms with van der Waals surface area (Å²) < 4.78 is 43.9. The predicted octanol–water partition coefficient (Wildman–Crippen LogP) is 3.45. The number of cyclic esters (lactones) is 1. The fourth-order valence-electron chi connectivity index (χ4n) is 3.49. The van der Waals surface area contributed by atoms with Crippen molar-refractivity contribution in [2.75, 3.05) is 24.3 Å². The number of nitrogens with one attached hydrogen (secondary N) is 2. The molecule has 2 fully saturated rings. The van der Waals surface area contributed by atoms with Crippen LogP contribution in [0.5, 0.6) is 0 Å². The molecule has 0 radical (unpaired) electrons. The molecule has 7 nitrogen and oxygen atoms in total. The molecule has 0 amide bonds. The molecule has 3 heterocycles. The number of hydrogen-bond donors (Lipinski definition) is 2. The van der Waals surface area contributed by atoms with E-state index in [4.69, 9.17) is 16.3 Å². The average Bonchev–Trinajstić information content (AvgIpc) is 2.86. The lowest BCUT2D eigenvalue weighted by Crippen LogP contribution is -2.21. The zero-order valence-electron chi connectivity index (χ0n) is 14.0. The van der Waals surface area contributed by atoms with Crippen LogP contribution in [0.25, 0.3) is 0 Å². The summed E-state index contributed by atoms with van der Waals surface area (Å²) in [4.78, 5) is 24.0. The molecule has 3 atom stereocenters. The van der Waals surface area contributed by atoms with E-state index in [0.29, 0.717) is 22.8 Å². The second-order valence-corrected chi connectivity index (χ2v) is 7.69. The molecule has 2 aromatic heterocycles. The Balaban J connectivity index is 1.63. The lowest BCUT2D eigenvalue weighted by Gasteiger charge is -2.12. The van der Waals surface area contributed by atoms with Gasteiger partial charge >= 0.3 is 12.1 Å². The molecule has 0 bridgehead atoms. The summed E-state index contributed by atoms with van der Waals surface area (Å²) in [5, 5.41) is 6.14. The van der Waals surface area contributed by atoms with Crippen molar-refractivity contribution in [2.24, 2.45) is 11.8 Å². The smallest absolute Gasteiger partial charge is 0.421 e. The lowest BCUT2D eigenvalue weighted by atomic mass is 10.1. The van der Waals surface area contributed by atoms with Crippen LogP contribution in [0, 0.1) is 11.8 Å². The molecule has 4 rings (SSSR count). The van der Waals surface area contributed by atoms with Crippen LogP contribution in [0.3, 0.4) is 0 Å². The summed E-state index contributed by atoms with van der Waals surface area (Å²) >= 11 is 7.31. The molecule has 144 valence electrons. The number of fused-ring (bicyclic) bond motifs is 1. The van der Waals surface area contributed by atoms with Crippen LogP contribution in [0.15, 0.2) is 6.20 Å². The van der Waals surface area contributed by atoms with Gasteiger partial charge in [-0.05, 0) is 5.92 Å². The van der Waals surface area contributed by atoms with Gasteiger partial charge in [0.1, 0.15) is 26.8 Å². The van der Waals surface area contributed by atoms with E-state index >= 15 is 0 Å². The van der Waals surface area contributed by atoms with Gasteiger partial charge in [-0.1, -0.05) is 29.9 Å². The third-order valence-electron chi connectivity index (χ3n) is 5.03. The average molecular weight is 420 g/mol. The largest absolute Gasteiger partial charge is 0.465 e. The number of rotatable bonds is 4. The van der Waals surface area contributed by atoms with Crippen molar-refractivity contribution in [2.45, 2.75) is 18.5 Å². The molecule has 0 aromatic carbocycles. The zero-order valence-corrected chi connectivity index (χ0v) is 15.6. The van der Waals surface area contributed by atoms with Gasteiger partial charge in [-0.15, -0.1) is 0 Å². The Kier molecular flexibility index (Phi) is 4.00. The summed E-state index contributed by atoms with van der Waals surface area (Å²) in [7, 11) is 1.33. The highest BCUT2D eigenvalue weighted by atomic mass is 35.5. The minimum atomic E-state index is -4.58. The van der Waals surface area contributed by atoms with E-state index in [1.807, 2.05) is 6.92 Å². The van der Waals surface area contributed by atoms with Gasteiger partial charge in [0.05, 0.1) is 6.61 Å². The van der Waals surface area contributed by atoms with E-state index in [1.54, 1.807) is 0 Å². The summed E-state index contributed by atoms with van der Waals surface area (Å²) in [6.07, 6.45) is -3.89. The number of aromatic nitrogens is 3. The number of hydrogen-bond acceptors (Lipinski definition) is 8. The maximum atomic E-state index is 12.9. The molecule has 27 heavy (non-hydrogen) atoms. The van der Waals surface area contributed by atoms with E-state index in [0.717, 1.165) is 11.3 Å². The SMILES string of the molecule is CNc1nc(Nc2sc([C@]34C(=O)OCC3[C@H]4C)nc2Cl)ncc1C(F)(F)F. The molecule has 1 saturated carbocycles. The molecule has 1 unspecified atom stereocenters. The van der Waals surface area contributed by atoms with Crippen LogP contribution in [0.1, 0.15) is 17.5 Å². The second-order valence-electron chi connectivity index (χ2n) is 6.33. The van der Waals surface area contributed by atoms with Gasteiger partial charge in [-0.25, -0.2) is 9.97 Å². The molecule has 0 spiro atoms. The van der Waals surface area contributed by atoms with Crippen molar-refractivity contribution in [1.82, 2.24) is 15.0 Å². The molecule has 12 heteroatoms. The van der Waals surface area contributed by atoms with E-state index in [9.17, 15) is 18.0 Å². The topological polar surface area (TPSA) is 89.0 Å². The highest BCUT2D eigenvalue weighted by molar-refractivity contribution is 7.16. The Hall–Kier alpha value is -2.14. The molecule has 2 aromatic rings. The van der Waals surface area contributed by atoms with Gasteiger partial charge in [-0.2, -0.15) is 18.2 Å². The third kappa shape index (κ3) is 2.63. The first-order valence-electron chi connectivity index (χ1n) is 7.92. The molecule has 1 aliphatic carbocycles. The number of nitrogens with zero attached hydrogens (tertiary/aromatic N) is 3. The second kappa shape index (κ2) is 5.93. The highest BCUT2D eigenvalue weighted by Crippen LogP contribution is 2.65. The monoisotopic (exact) mass is 419 g/mol. The first-order chi connectivity index (χ1) is 12.7. The van der Waals surface area contributed by atoms with E-state index < -0.39 is 17.2 Å². The number of thiazole rings is 1. The van der Waals surface area contributed by atoms with Crippen molar-refractivity contribution in [3.8, 4) is 0 Å². The number of alkyl halides is 3. The number of halogens is 4. The van der Waals surface area contributed by atoms with E-state index in [1.165, 1.54) is 7.05 Å². The van der Waals surface area contributed by atoms with Gasteiger partial charge in [0.25, 0.3) is 0 Å². The summed E-state index contributed by atoms with van der Waals surface area (Å²) in [6, 6.07) is 0. The summed E-state index contributed by atoms with van der Waals surface area (Å²) in [5.41, 5.74) is -1.75. The zero-order chi connectivity index (χ0) is 19.6. The van der Waals surface area contributed by atoms with Gasteiger partial charge in [0.2, 0.25) is 5.95 Å². The van der Waals surface area contributed by atoms with Gasteiger partial charge in [0, 0.05) is 19.2 Å². The molecular weight excluding hydrogens is 407 g/mol. The Labute approximate surface area is 160 Å². The first kappa shape index (κ1) is 18.2. The molecular formula is C15H13ClF3N5O2S. The Morgan fingerprint density at radius 1 is 1.41 bits per heavy atom. The normalized spacial score (nSPS) is 26.5. The minimum Gasteiger partial charge on any atom is -0.465 e. The Morgan fingerprint density at radius 2 is 2.15 bits per heavy atom. The predicted molar refractivity (Wildman–Crippen MR) is 92.3 cm³/mol. The van der Waals surface area contributed by atoms with Crippen LogP contribution >= 0.6 is 22.9 Å². The van der Waals surface area contributed by atoms with Crippen LogP contribution in [-0.2, 0) is 21.1 Å². The first-order valence-corrected chi connectivity index (χ1v) is 9.12. The third-order valence-corrected chi connectivity index (χ3v) is 6.53. The fraction of sp³-hybridized carbons (Fsp3) is 0.467. The molecule has 2 N–H and O–H groups in total.